The van der Waals surface area contributed by atoms with Crippen molar-refractivity contribution in [3.8, 4) is 28.6 Å². The predicted molar refractivity (Wildman–Crippen MR) is 91.4 cm³/mol. The number of nitrogens with zero attached hydrogens (tertiary/aromatic N) is 7. The number of hydrogen-bond donors (Lipinski definition) is 0. The summed E-state index contributed by atoms with van der Waals surface area (Å²) >= 11 is 0. The molecule has 0 amide bonds. The van der Waals surface area contributed by atoms with Crippen LogP contribution in [-0.4, -0.2) is 34.5 Å². The summed E-state index contributed by atoms with van der Waals surface area (Å²) in [5.74, 6) is 2.06. The molecule has 0 bridgehead atoms. The topological polar surface area (TPSA) is 87.4 Å². The highest BCUT2D eigenvalue weighted by molar-refractivity contribution is 5.70. The van der Waals surface area contributed by atoms with Gasteiger partial charge in [-0.25, -0.2) is 19.0 Å². The van der Waals surface area contributed by atoms with Gasteiger partial charge in [0.05, 0.1) is 17.9 Å². The molecule has 0 saturated heterocycles. The van der Waals surface area contributed by atoms with Gasteiger partial charge in [-0.2, -0.15) is 10.1 Å². The molecule has 9 heteroatoms. The summed E-state index contributed by atoms with van der Waals surface area (Å²) in [6.07, 6.45) is 6.43. The number of fused-ring (bicyclic) bond motifs is 5. The number of benzene rings is 1. The molecule has 0 atom stereocenters. The maximum absolute atomic E-state index is 13.9. The average molecular weight is 363 g/mol. The average Bonchev–Trinajstić information content (AvgIpc) is 3.06. The first-order valence-corrected chi connectivity index (χ1v) is 8.83. The van der Waals surface area contributed by atoms with Crippen molar-refractivity contribution in [3.63, 3.8) is 0 Å². The maximum Gasteiger partial charge on any atom is 0.227 e. The minimum absolute atomic E-state index is 0.324. The molecule has 6 rings (SSSR count). The highest BCUT2D eigenvalue weighted by Gasteiger charge is 2.28. The van der Waals surface area contributed by atoms with Gasteiger partial charge in [0.25, 0.3) is 0 Å². The normalized spacial score (nSPS) is 15.1. The van der Waals surface area contributed by atoms with Crippen molar-refractivity contribution in [1.82, 2.24) is 34.5 Å². The molecule has 4 heterocycles. The van der Waals surface area contributed by atoms with E-state index in [1.165, 1.54) is 31.3 Å². The Morgan fingerprint density at radius 3 is 3.04 bits per heavy atom. The van der Waals surface area contributed by atoms with Gasteiger partial charge in [-0.3, -0.25) is 4.57 Å². The lowest BCUT2D eigenvalue weighted by Gasteiger charge is -2.08. The van der Waals surface area contributed by atoms with Crippen LogP contribution in [0.1, 0.15) is 24.4 Å². The summed E-state index contributed by atoms with van der Waals surface area (Å²) in [5, 5.41) is 8.41. The fourth-order valence-corrected chi connectivity index (χ4v) is 3.55. The van der Waals surface area contributed by atoms with Crippen LogP contribution in [0.25, 0.3) is 28.6 Å². The summed E-state index contributed by atoms with van der Waals surface area (Å²) in [5.41, 5.74) is 2.95. The molecule has 0 unspecified atom stereocenters. The van der Waals surface area contributed by atoms with Crippen LogP contribution in [0.15, 0.2) is 35.4 Å². The van der Waals surface area contributed by atoms with E-state index < -0.39 is 0 Å². The van der Waals surface area contributed by atoms with Gasteiger partial charge in [0.15, 0.2) is 5.82 Å². The van der Waals surface area contributed by atoms with E-state index in [1.54, 1.807) is 17.1 Å². The Morgan fingerprint density at radius 2 is 2.15 bits per heavy atom. The molecular weight excluding hydrogens is 349 g/mol. The van der Waals surface area contributed by atoms with Gasteiger partial charge >= 0.3 is 0 Å². The molecule has 1 fully saturated rings. The first-order chi connectivity index (χ1) is 13.3. The molecule has 1 aromatic carbocycles. The van der Waals surface area contributed by atoms with Gasteiger partial charge in [0.1, 0.15) is 24.2 Å². The molecule has 1 aliphatic carbocycles. The van der Waals surface area contributed by atoms with E-state index in [0.717, 1.165) is 17.8 Å². The van der Waals surface area contributed by atoms with Gasteiger partial charge in [0.2, 0.25) is 11.7 Å². The van der Waals surface area contributed by atoms with Crippen LogP contribution < -0.4 is 0 Å². The van der Waals surface area contributed by atoms with Crippen LogP contribution >= 0.6 is 0 Å². The molecule has 4 aromatic rings. The number of imidazole rings is 1. The Kier molecular flexibility index (Phi) is 2.91. The van der Waals surface area contributed by atoms with Crippen LogP contribution in [0.5, 0.6) is 0 Å². The van der Waals surface area contributed by atoms with Gasteiger partial charge in [-0.15, -0.1) is 0 Å². The summed E-state index contributed by atoms with van der Waals surface area (Å²) in [6.45, 7) is 0.424. The third kappa shape index (κ3) is 2.31. The lowest BCUT2D eigenvalue weighted by molar-refractivity contribution is 0.373. The Balaban J connectivity index is 1.51. The Labute approximate surface area is 152 Å². The van der Waals surface area contributed by atoms with Crippen molar-refractivity contribution in [1.29, 1.82) is 0 Å². The predicted octanol–water partition coefficient (Wildman–Crippen LogP) is 2.63. The van der Waals surface area contributed by atoms with Crippen LogP contribution in [0.2, 0.25) is 0 Å². The highest BCUT2D eigenvalue weighted by Crippen LogP contribution is 2.35. The molecular formula is C18H14FN7O. The number of rotatable bonds is 3. The molecule has 0 radical (unpaired) electrons. The van der Waals surface area contributed by atoms with E-state index in [4.69, 9.17) is 4.52 Å². The van der Waals surface area contributed by atoms with E-state index in [1.807, 2.05) is 4.57 Å². The zero-order valence-corrected chi connectivity index (χ0v) is 14.2. The number of hydrogen-bond acceptors (Lipinski definition) is 6. The third-order valence-corrected chi connectivity index (χ3v) is 5.08. The first kappa shape index (κ1) is 14.8. The Hall–Kier alpha value is -3.36. The third-order valence-electron chi connectivity index (χ3n) is 5.08. The second-order valence-corrected chi connectivity index (χ2v) is 6.97. The van der Waals surface area contributed by atoms with Gasteiger partial charge in [-0.1, -0.05) is 5.16 Å². The smallest absolute Gasteiger partial charge is 0.227 e. The van der Waals surface area contributed by atoms with Crippen LogP contribution in [-0.2, 0) is 13.0 Å². The monoisotopic (exact) mass is 363 g/mol. The fraction of sp³-hybridized carbons (Fsp3) is 0.278. The minimum atomic E-state index is -0.324. The zero-order chi connectivity index (χ0) is 18.0. The Morgan fingerprint density at radius 1 is 1.22 bits per heavy atom. The molecule has 0 N–H and O–H groups in total. The first-order valence-electron chi connectivity index (χ1n) is 8.83. The zero-order valence-electron chi connectivity index (χ0n) is 14.2. The Bertz CT molecular complexity index is 1170. The quantitative estimate of drug-likeness (QED) is 0.490. The maximum atomic E-state index is 13.9. The molecule has 2 aliphatic rings. The van der Waals surface area contributed by atoms with Gasteiger partial charge in [-0.05, 0) is 37.0 Å². The van der Waals surface area contributed by atoms with Crippen LogP contribution in [0, 0.1) is 11.7 Å². The number of aromatic nitrogens is 7. The van der Waals surface area contributed by atoms with Crippen molar-refractivity contribution in [3.05, 3.63) is 48.3 Å². The summed E-state index contributed by atoms with van der Waals surface area (Å²) < 4.78 is 22.9. The largest absolute Gasteiger partial charge is 0.339 e. The molecule has 1 aliphatic heterocycles. The van der Waals surface area contributed by atoms with Gasteiger partial charge in [0, 0.05) is 12.0 Å². The van der Waals surface area contributed by atoms with E-state index in [9.17, 15) is 4.39 Å². The van der Waals surface area contributed by atoms with Gasteiger partial charge < -0.3 is 4.52 Å². The molecule has 27 heavy (non-hydrogen) atoms. The van der Waals surface area contributed by atoms with Crippen molar-refractivity contribution in [2.75, 3.05) is 0 Å². The standard InChI is InChI=1S/C18H14FN7O/c19-11-3-4-13-12(6-11)18-20-8-22-26(18)7-14-16(21-9-25(13)14)17-23-15(27-24-17)5-10-1-2-10/h3-4,6,8-10H,1-2,5,7H2. The molecule has 134 valence electrons. The second kappa shape index (κ2) is 5.32. The van der Waals surface area contributed by atoms with E-state index >= 15 is 0 Å². The lowest BCUT2D eigenvalue weighted by atomic mass is 10.1. The summed E-state index contributed by atoms with van der Waals surface area (Å²) in [7, 11) is 0. The van der Waals surface area contributed by atoms with Crippen LogP contribution in [0.4, 0.5) is 4.39 Å². The van der Waals surface area contributed by atoms with E-state index in [-0.39, 0.29) is 5.82 Å². The molecule has 1 saturated carbocycles. The lowest BCUT2D eigenvalue weighted by Crippen LogP contribution is -2.06. The van der Waals surface area contributed by atoms with Crippen molar-refractivity contribution < 1.29 is 8.91 Å². The van der Waals surface area contributed by atoms with Crippen LogP contribution in [0.3, 0.4) is 0 Å². The number of halogens is 1. The highest BCUT2D eigenvalue weighted by atomic mass is 19.1. The van der Waals surface area contributed by atoms with E-state index in [2.05, 4.69) is 25.2 Å². The van der Waals surface area contributed by atoms with Crippen molar-refractivity contribution in [2.45, 2.75) is 25.8 Å². The second-order valence-electron chi connectivity index (χ2n) is 6.97. The molecule has 0 spiro atoms. The molecule has 8 nitrogen and oxygen atoms in total. The molecule has 3 aromatic heterocycles. The van der Waals surface area contributed by atoms with E-state index in [0.29, 0.717) is 41.3 Å². The SMILES string of the molecule is Fc1ccc2c(c1)-c1ncnn1Cc1c(-c3noc(CC4CC4)n3)ncn1-2. The summed E-state index contributed by atoms with van der Waals surface area (Å²) in [4.78, 5) is 13.4. The fourth-order valence-electron chi connectivity index (χ4n) is 3.55. The summed E-state index contributed by atoms with van der Waals surface area (Å²) in [6, 6.07) is 4.61. The van der Waals surface area contributed by atoms with Crippen molar-refractivity contribution in [2.24, 2.45) is 5.92 Å². The minimum Gasteiger partial charge on any atom is -0.339 e. The van der Waals surface area contributed by atoms with Crippen molar-refractivity contribution >= 4 is 0 Å².